The maximum absolute atomic E-state index is 11.1. The van der Waals surface area contributed by atoms with Gasteiger partial charge in [-0.15, -0.1) is 0 Å². The maximum atomic E-state index is 11.1. The Bertz CT molecular complexity index is 671. The van der Waals surface area contributed by atoms with Gasteiger partial charge < -0.3 is 14.8 Å². The van der Waals surface area contributed by atoms with E-state index in [0.29, 0.717) is 5.88 Å². The van der Waals surface area contributed by atoms with E-state index in [1.54, 1.807) is 13.3 Å². The Balaban J connectivity index is 2.18. The molecule has 2 aromatic rings. The van der Waals surface area contributed by atoms with Crippen LogP contribution in [0.5, 0.6) is 11.9 Å². The van der Waals surface area contributed by atoms with Crippen molar-refractivity contribution in [3.63, 3.8) is 0 Å². The summed E-state index contributed by atoms with van der Waals surface area (Å²) in [6.45, 7) is 3.51. The van der Waals surface area contributed by atoms with E-state index in [-0.39, 0.29) is 18.0 Å². The van der Waals surface area contributed by atoms with E-state index < -0.39 is 0 Å². The zero-order valence-corrected chi connectivity index (χ0v) is 13.8. The molecule has 1 heterocycles. The first kappa shape index (κ1) is 16.7. The fraction of sp³-hybridized carbons (Fsp3) is 0.353. The number of methoxy groups -OCH3 is 2. The monoisotopic (exact) mass is 315 g/mol. The van der Waals surface area contributed by atoms with Gasteiger partial charge in [-0.3, -0.25) is 4.79 Å². The molecular formula is C17H21N3O3. The van der Waals surface area contributed by atoms with E-state index in [9.17, 15) is 4.79 Å². The minimum absolute atomic E-state index is 0.0192. The van der Waals surface area contributed by atoms with Crippen LogP contribution in [-0.2, 0) is 11.2 Å². The Labute approximate surface area is 135 Å². The Morgan fingerprint density at radius 3 is 2.48 bits per heavy atom. The highest BCUT2D eigenvalue weighted by molar-refractivity contribution is 5.73. The zero-order valence-electron chi connectivity index (χ0n) is 13.8. The van der Waals surface area contributed by atoms with Gasteiger partial charge in [-0.2, -0.15) is 4.98 Å². The molecule has 6 nitrogen and oxygen atoms in total. The second-order valence-corrected chi connectivity index (χ2v) is 5.28. The summed E-state index contributed by atoms with van der Waals surface area (Å²) in [6.07, 6.45) is 2.45. The Hall–Kier alpha value is -2.63. The van der Waals surface area contributed by atoms with E-state index in [0.717, 1.165) is 23.1 Å². The van der Waals surface area contributed by atoms with Crippen LogP contribution in [0.4, 0.5) is 0 Å². The van der Waals surface area contributed by atoms with Gasteiger partial charge in [0, 0.05) is 19.2 Å². The van der Waals surface area contributed by atoms with Gasteiger partial charge in [-0.05, 0) is 24.5 Å². The van der Waals surface area contributed by atoms with Crippen LogP contribution in [0.3, 0.4) is 0 Å². The molecule has 0 aliphatic rings. The lowest BCUT2D eigenvalue weighted by molar-refractivity contribution is -0.119. The first-order valence-electron chi connectivity index (χ1n) is 7.35. The molecule has 23 heavy (non-hydrogen) atoms. The molecule has 1 aromatic heterocycles. The second-order valence-electron chi connectivity index (χ2n) is 5.28. The van der Waals surface area contributed by atoms with E-state index in [1.807, 2.05) is 31.2 Å². The lowest BCUT2D eigenvalue weighted by Crippen LogP contribution is -2.31. The molecule has 0 fully saturated rings. The number of hydrogen-bond donors (Lipinski definition) is 1. The van der Waals surface area contributed by atoms with Gasteiger partial charge >= 0.3 is 6.01 Å². The molecule has 0 radical (unpaired) electrons. The molecule has 0 aliphatic carbocycles. The molecule has 2 rings (SSSR count). The minimum atomic E-state index is -0.0192. The molecule has 0 aliphatic heterocycles. The average molecular weight is 315 g/mol. The van der Waals surface area contributed by atoms with Crippen molar-refractivity contribution in [3.8, 4) is 23.0 Å². The molecule has 1 unspecified atom stereocenters. The number of ether oxygens (including phenoxy) is 2. The van der Waals surface area contributed by atoms with Gasteiger partial charge in [0.2, 0.25) is 11.8 Å². The smallest absolute Gasteiger partial charge is 0.319 e. The van der Waals surface area contributed by atoms with Crippen molar-refractivity contribution in [3.05, 3.63) is 36.0 Å². The van der Waals surface area contributed by atoms with E-state index in [2.05, 4.69) is 15.3 Å². The predicted octanol–water partition coefficient (Wildman–Crippen LogP) is 2.23. The molecule has 1 aromatic carbocycles. The highest BCUT2D eigenvalue weighted by atomic mass is 16.5. The molecule has 0 saturated heterocycles. The van der Waals surface area contributed by atoms with Gasteiger partial charge in [0.25, 0.3) is 0 Å². The average Bonchev–Trinajstić information content (AvgIpc) is 2.54. The summed E-state index contributed by atoms with van der Waals surface area (Å²) in [5, 5.41) is 2.88. The SMILES string of the molecule is COc1ncc(-c2ccc(CC(C)NC(C)=O)cc2)c(OC)n1. The van der Waals surface area contributed by atoms with Crippen molar-refractivity contribution >= 4 is 5.91 Å². The molecule has 0 bridgehead atoms. The number of nitrogens with zero attached hydrogens (tertiary/aromatic N) is 2. The fourth-order valence-corrected chi connectivity index (χ4v) is 2.37. The summed E-state index contributed by atoms with van der Waals surface area (Å²) in [5.41, 5.74) is 2.90. The standard InChI is InChI=1S/C17H21N3O3/c1-11(19-12(2)21)9-13-5-7-14(8-6-13)15-10-18-17(23-4)20-16(15)22-3/h5-8,10-11H,9H2,1-4H3,(H,19,21). The van der Waals surface area contributed by atoms with Crippen LogP contribution in [0.25, 0.3) is 11.1 Å². The number of amides is 1. The topological polar surface area (TPSA) is 73.3 Å². The van der Waals surface area contributed by atoms with Crippen LogP contribution < -0.4 is 14.8 Å². The van der Waals surface area contributed by atoms with Gasteiger partial charge in [0.1, 0.15) is 0 Å². The second kappa shape index (κ2) is 7.58. The summed E-state index contributed by atoms with van der Waals surface area (Å²) >= 11 is 0. The molecular weight excluding hydrogens is 294 g/mol. The van der Waals surface area contributed by atoms with Gasteiger partial charge in [0.15, 0.2) is 0 Å². The lowest BCUT2D eigenvalue weighted by Gasteiger charge is -2.13. The Morgan fingerprint density at radius 1 is 1.22 bits per heavy atom. The number of aromatic nitrogens is 2. The number of nitrogens with one attached hydrogen (secondary N) is 1. The van der Waals surface area contributed by atoms with E-state index in [1.165, 1.54) is 14.0 Å². The molecule has 122 valence electrons. The van der Waals surface area contributed by atoms with Gasteiger partial charge in [-0.25, -0.2) is 4.98 Å². The quantitative estimate of drug-likeness (QED) is 0.885. The number of rotatable bonds is 6. The number of carbonyl (C=O) groups is 1. The van der Waals surface area contributed by atoms with Gasteiger partial charge in [0.05, 0.1) is 19.8 Å². The Kier molecular flexibility index (Phi) is 5.51. The van der Waals surface area contributed by atoms with Crippen molar-refractivity contribution in [2.75, 3.05) is 14.2 Å². The third kappa shape index (κ3) is 4.42. The largest absolute Gasteiger partial charge is 0.480 e. The molecule has 0 saturated carbocycles. The third-order valence-electron chi connectivity index (χ3n) is 3.36. The molecule has 6 heteroatoms. The fourth-order valence-electron chi connectivity index (χ4n) is 2.37. The van der Waals surface area contributed by atoms with Crippen LogP contribution in [0.2, 0.25) is 0 Å². The van der Waals surface area contributed by atoms with Crippen LogP contribution in [0, 0.1) is 0 Å². The van der Waals surface area contributed by atoms with Crippen LogP contribution in [0.1, 0.15) is 19.4 Å². The van der Waals surface area contributed by atoms with Crippen molar-refractivity contribution < 1.29 is 14.3 Å². The predicted molar refractivity (Wildman–Crippen MR) is 87.6 cm³/mol. The summed E-state index contributed by atoms with van der Waals surface area (Å²) in [5.74, 6) is 0.449. The molecule has 0 spiro atoms. The number of hydrogen-bond acceptors (Lipinski definition) is 5. The van der Waals surface area contributed by atoms with E-state index >= 15 is 0 Å². The van der Waals surface area contributed by atoms with Crippen LogP contribution in [-0.4, -0.2) is 36.1 Å². The summed E-state index contributed by atoms with van der Waals surface area (Å²) in [6, 6.07) is 8.39. The summed E-state index contributed by atoms with van der Waals surface area (Å²) in [4.78, 5) is 19.4. The van der Waals surface area contributed by atoms with Crippen molar-refractivity contribution in [1.29, 1.82) is 0 Å². The van der Waals surface area contributed by atoms with Crippen LogP contribution in [0.15, 0.2) is 30.5 Å². The molecule has 1 atom stereocenters. The van der Waals surface area contributed by atoms with E-state index in [4.69, 9.17) is 9.47 Å². The first-order chi connectivity index (χ1) is 11.0. The number of carbonyl (C=O) groups excluding carboxylic acids is 1. The van der Waals surface area contributed by atoms with Gasteiger partial charge in [-0.1, -0.05) is 24.3 Å². The first-order valence-corrected chi connectivity index (χ1v) is 7.35. The third-order valence-corrected chi connectivity index (χ3v) is 3.36. The lowest BCUT2D eigenvalue weighted by atomic mass is 10.0. The maximum Gasteiger partial charge on any atom is 0.319 e. The van der Waals surface area contributed by atoms with Crippen molar-refractivity contribution in [2.24, 2.45) is 0 Å². The van der Waals surface area contributed by atoms with Crippen LogP contribution >= 0.6 is 0 Å². The number of benzene rings is 1. The normalized spacial score (nSPS) is 11.7. The van der Waals surface area contributed by atoms with Crippen molar-refractivity contribution in [1.82, 2.24) is 15.3 Å². The zero-order chi connectivity index (χ0) is 16.8. The minimum Gasteiger partial charge on any atom is -0.480 e. The summed E-state index contributed by atoms with van der Waals surface area (Å²) in [7, 11) is 3.08. The molecule has 1 amide bonds. The summed E-state index contributed by atoms with van der Waals surface area (Å²) < 4.78 is 10.3. The van der Waals surface area contributed by atoms with Crippen molar-refractivity contribution in [2.45, 2.75) is 26.3 Å². The highest BCUT2D eigenvalue weighted by Crippen LogP contribution is 2.29. The highest BCUT2D eigenvalue weighted by Gasteiger charge is 2.11. The Morgan fingerprint density at radius 2 is 1.91 bits per heavy atom. The molecule has 1 N–H and O–H groups in total.